The highest BCUT2D eigenvalue weighted by Gasteiger charge is 2.37. The Bertz CT molecular complexity index is 380. The lowest BCUT2D eigenvalue weighted by Crippen LogP contribution is -2.52. The van der Waals surface area contributed by atoms with Crippen molar-refractivity contribution in [3.8, 4) is 0 Å². The maximum atomic E-state index is 5.82. The minimum absolute atomic E-state index is 0.112. The van der Waals surface area contributed by atoms with Crippen LogP contribution < -0.4 is 11.3 Å². The molecule has 1 aliphatic rings. The lowest BCUT2D eigenvalue weighted by Gasteiger charge is -2.32. The Morgan fingerprint density at radius 2 is 2.47 bits per heavy atom. The van der Waals surface area contributed by atoms with Crippen LogP contribution in [0.2, 0.25) is 0 Å². The monoisotopic (exact) mass is 299 g/mol. The number of nitrogens with zero attached hydrogens (tertiary/aromatic N) is 1. The van der Waals surface area contributed by atoms with Gasteiger partial charge in [0.2, 0.25) is 0 Å². The Morgan fingerprint density at radius 1 is 1.65 bits per heavy atom. The summed E-state index contributed by atoms with van der Waals surface area (Å²) in [5.41, 5.74) is 3.87. The number of nitrogens with two attached hydrogens (primary N) is 1. The van der Waals surface area contributed by atoms with E-state index in [9.17, 15) is 0 Å². The zero-order valence-electron chi connectivity index (χ0n) is 9.95. The van der Waals surface area contributed by atoms with Crippen LogP contribution in [0.3, 0.4) is 0 Å². The molecule has 1 aliphatic heterocycles. The first kappa shape index (κ1) is 13.0. The molecule has 1 aromatic heterocycles. The van der Waals surface area contributed by atoms with Gasteiger partial charge < -0.3 is 4.74 Å². The van der Waals surface area contributed by atoms with Crippen molar-refractivity contribution < 1.29 is 4.74 Å². The molecule has 3 N–H and O–H groups in total. The standard InChI is InChI=1S/C12H18BrN3O/c1-12(3-2-4-17-12)11(16-14)6-9-5-10(13)8-15-7-9/h5,7-8,11,16H,2-4,6,14H2,1H3. The number of nitrogens with one attached hydrogen (secondary N) is 1. The zero-order valence-corrected chi connectivity index (χ0v) is 11.5. The van der Waals surface area contributed by atoms with E-state index >= 15 is 0 Å². The van der Waals surface area contributed by atoms with Gasteiger partial charge in [0, 0.05) is 23.5 Å². The van der Waals surface area contributed by atoms with Crippen molar-refractivity contribution in [2.24, 2.45) is 5.84 Å². The van der Waals surface area contributed by atoms with Crippen molar-refractivity contribution in [1.29, 1.82) is 0 Å². The Balaban J connectivity index is 2.09. The number of hydrazine groups is 1. The maximum absolute atomic E-state index is 5.82. The van der Waals surface area contributed by atoms with Gasteiger partial charge in [-0.05, 0) is 53.7 Å². The number of halogens is 1. The Labute approximate surface area is 110 Å². The van der Waals surface area contributed by atoms with Crippen LogP contribution in [0, 0.1) is 0 Å². The highest BCUT2D eigenvalue weighted by Crippen LogP contribution is 2.30. The minimum Gasteiger partial charge on any atom is -0.374 e. The molecule has 94 valence electrons. The van der Waals surface area contributed by atoms with E-state index in [1.165, 1.54) is 0 Å². The molecular weight excluding hydrogens is 282 g/mol. The molecule has 0 saturated carbocycles. The molecule has 5 heteroatoms. The molecule has 0 aromatic carbocycles. The van der Waals surface area contributed by atoms with Crippen molar-refractivity contribution in [1.82, 2.24) is 10.4 Å². The molecule has 1 aromatic rings. The summed E-state index contributed by atoms with van der Waals surface area (Å²) in [4.78, 5) is 4.16. The second kappa shape index (κ2) is 5.44. The van der Waals surface area contributed by atoms with Crippen LogP contribution in [0.4, 0.5) is 0 Å². The molecule has 0 amide bonds. The fraction of sp³-hybridized carbons (Fsp3) is 0.583. The van der Waals surface area contributed by atoms with E-state index in [1.54, 1.807) is 6.20 Å². The van der Waals surface area contributed by atoms with E-state index in [0.717, 1.165) is 35.9 Å². The first-order chi connectivity index (χ1) is 8.14. The number of ether oxygens (including phenoxy) is 1. The fourth-order valence-electron chi connectivity index (χ4n) is 2.33. The molecule has 2 heterocycles. The molecule has 2 atom stereocenters. The smallest absolute Gasteiger partial charge is 0.0824 e. The highest BCUT2D eigenvalue weighted by molar-refractivity contribution is 9.10. The predicted octanol–water partition coefficient (Wildman–Crippen LogP) is 1.79. The molecule has 17 heavy (non-hydrogen) atoms. The van der Waals surface area contributed by atoms with Crippen molar-refractivity contribution in [3.63, 3.8) is 0 Å². The van der Waals surface area contributed by atoms with Crippen molar-refractivity contribution >= 4 is 15.9 Å². The average Bonchev–Trinajstić information content (AvgIpc) is 2.74. The van der Waals surface area contributed by atoms with Gasteiger partial charge in [0.15, 0.2) is 0 Å². The molecule has 1 saturated heterocycles. The topological polar surface area (TPSA) is 60.2 Å². The predicted molar refractivity (Wildman–Crippen MR) is 70.3 cm³/mol. The summed E-state index contributed by atoms with van der Waals surface area (Å²) in [5, 5.41) is 0. The van der Waals surface area contributed by atoms with Gasteiger partial charge in [-0.25, -0.2) is 0 Å². The van der Waals surface area contributed by atoms with Crippen LogP contribution in [0.5, 0.6) is 0 Å². The van der Waals surface area contributed by atoms with Gasteiger partial charge in [0.25, 0.3) is 0 Å². The van der Waals surface area contributed by atoms with Crippen LogP contribution >= 0.6 is 15.9 Å². The summed E-state index contributed by atoms with van der Waals surface area (Å²) in [6, 6.07) is 2.18. The molecule has 0 bridgehead atoms. The van der Waals surface area contributed by atoms with Gasteiger partial charge in [0.05, 0.1) is 11.6 Å². The maximum Gasteiger partial charge on any atom is 0.0824 e. The second-order valence-corrected chi connectivity index (χ2v) is 5.62. The van der Waals surface area contributed by atoms with Gasteiger partial charge in [0.1, 0.15) is 0 Å². The molecule has 2 rings (SSSR count). The largest absolute Gasteiger partial charge is 0.374 e. The second-order valence-electron chi connectivity index (χ2n) is 4.70. The number of aromatic nitrogens is 1. The lowest BCUT2D eigenvalue weighted by molar-refractivity contribution is -0.0115. The number of rotatable bonds is 4. The first-order valence-corrected chi connectivity index (χ1v) is 6.63. The molecular formula is C12H18BrN3O. The number of hydrogen-bond donors (Lipinski definition) is 2. The lowest BCUT2D eigenvalue weighted by atomic mass is 9.89. The van der Waals surface area contributed by atoms with E-state index < -0.39 is 0 Å². The summed E-state index contributed by atoms with van der Waals surface area (Å²) >= 11 is 3.43. The third-order valence-corrected chi connectivity index (χ3v) is 3.82. The van der Waals surface area contributed by atoms with Crippen molar-refractivity contribution in [2.75, 3.05) is 6.61 Å². The molecule has 2 unspecified atom stereocenters. The van der Waals surface area contributed by atoms with E-state index in [0.29, 0.717) is 0 Å². The van der Waals surface area contributed by atoms with Crippen LogP contribution in [0.25, 0.3) is 0 Å². The van der Waals surface area contributed by atoms with Crippen molar-refractivity contribution in [2.45, 2.75) is 37.8 Å². The number of hydrogen-bond acceptors (Lipinski definition) is 4. The quantitative estimate of drug-likeness (QED) is 0.657. The molecule has 4 nitrogen and oxygen atoms in total. The summed E-state index contributed by atoms with van der Waals surface area (Å²) in [6.07, 6.45) is 6.61. The van der Waals surface area contributed by atoms with E-state index in [-0.39, 0.29) is 11.6 Å². The van der Waals surface area contributed by atoms with Gasteiger partial charge in [-0.1, -0.05) is 0 Å². The molecule has 0 aliphatic carbocycles. The molecule has 1 fully saturated rings. The summed E-state index contributed by atoms with van der Waals surface area (Å²) < 4.78 is 6.81. The molecule has 0 spiro atoms. The zero-order chi connectivity index (χ0) is 12.3. The van der Waals surface area contributed by atoms with E-state index in [1.807, 2.05) is 6.20 Å². The van der Waals surface area contributed by atoms with Crippen LogP contribution in [0.15, 0.2) is 22.9 Å². The normalized spacial score (nSPS) is 26.1. The average molecular weight is 300 g/mol. The highest BCUT2D eigenvalue weighted by atomic mass is 79.9. The third-order valence-electron chi connectivity index (χ3n) is 3.39. The van der Waals surface area contributed by atoms with Gasteiger partial charge in [-0.3, -0.25) is 16.3 Å². The summed E-state index contributed by atoms with van der Waals surface area (Å²) in [5.74, 6) is 5.66. The van der Waals surface area contributed by atoms with Gasteiger partial charge in [-0.15, -0.1) is 0 Å². The minimum atomic E-state index is -0.170. The number of pyridine rings is 1. The molecule has 0 radical (unpaired) electrons. The Hall–Kier alpha value is -0.490. The Morgan fingerprint density at radius 3 is 3.06 bits per heavy atom. The van der Waals surface area contributed by atoms with Crippen LogP contribution in [-0.2, 0) is 11.2 Å². The SMILES string of the molecule is CC1(C(Cc2cncc(Br)c2)NN)CCCO1. The van der Waals surface area contributed by atoms with Crippen LogP contribution in [0.1, 0.15) is 25.3 Å². The van der Waals surface area contributed by atoms with Gasteiger partial charge >= 0.3 is 0 Å². The van der Waals surface area contributed by atoms with Crippen LogP contribution in [-0.4, -0.2) is 23.2 Å². The van der Waals surface area contributed by atoms with Crippen molar-refractivity contribution in [3.05, 3.63) is 28.5 Å². The van der Waals surface area contributed by atoms with E-state index in [2.05, 4.69) is 39.3 Å². The first-order valence-electron chi connectivity index (χ1n) is 5.83. The van der Waals surface area contributed by atoms with Gasteiger partial charge in [-0.2, -0.15) is 0 Å². The Kier molecular flexibility index (Phi) is 4.14. The fourth-order valence-corrected chi connectivity index (χ4v) is 2.74. The van der Waals surface area contributed by atoms with E-state index in [4.69, 9.17) is 10.6 Å². The summed E-state index contributed by atoms with van der Waals surface area (Å²) in [7, 11) is 0. The summed E-state index contributed by atoms with van der Waals surface area (Å²) in [6.45, 7) is 2.95. The third kappa shape index (κ3) is 3.04.